The first-order valence-electron chi connectivity index (χ1n) is 10.1. The van der Waals surface area contributed by atoms with E-state index in [4.69, 9.17) is 14.2 Å². The van der Waals surface area contributed by atoms with Gasteiger partial charge in [0, 0.05) is 13.8 Å². The Labute approximate surface area is 177 Å². The van der Waals surface area contributed by atoms with E-state index >= 15 is 0 Å². The lowest BCUT2D eigenvalue weighted by Gasteiger charge is -2.31. The lowest BCUT2D eigenvalue weighted by atomic mass is 10.00. The summed E-state index contributed by atoms with van der Waals surface area (Å²) >= 11 is 0. The highest BCUT2D eigenvalue weighted by Gasteiger charge is 2.33. The minimum atomic E-state index is -0.971. The first-order valence-corrected chi connectivity index (χ1v) is 10.1. The van der Waals surface area contributed by atoms with Crippen LogP contribution < -0.4 is 10.1 Å². The molecular weight excluding hydrogens is 382 g/mol. The quantitative estimate of drug-likeness (QED) is 0.705. The summed E-state index contributed by atoms with van der Waals surface area (Å²) < 4.78 is 16.3. The molecule has 0 radical (unpaired) electrons. The van der Waals surface area contributed by atoms with Crippen molar-refractivity contribution < 1.29 is 23.8 Å². The third-order valence-corrected chi connectivity index (χ3v) is 4.58. The predicted octanol–water partition coefficient (Wildman–Crippen LogP) is 5.15. The molecule has 0 fully saturated rings. The maximum atomic E-state index is 12.1. The molecule has 2 aromatic rings. The lowest BCUT2D eigenvalue weighted by Crippen LogP contribution is -2.38. The molecule has 1 aliphatic heterocycles. The van der Waals surface area contributed by atoms with Gasteiger partial charge in [-0.15, -0.1) is 0 Å². The van der Waals surface area contributed by atoms with Gasteiger partial charge in [0.2, 0.25) is 5.79 Å². The average molecular weight is 411 g/mol. The Balaban J connectivity index is 1.66. The van der Waals surface area contributed by atoms with Crippen LogP contribution in [0.15, 0.2) is 42.5 Å². The molecule has 2 aromatic carbocycles. The van der Waals surface area contributed by atoms with Gasteiger partial charge in [-0.25, -0.2) is 9.59 Å². The third kappa shape index (κ3) is 5.53. The highest BCUT2D eigenvalue weighted by atomic mass is 16.7. The van der Waals surface area contributed by atoms with Crippen molar-refractivity contribution in [2.75, 3.05) is 0 Å². The topological polar surface area (TPSA) is 73.9 Å². The van der Waals surface area contributed by atoms with Crippen LogP contribution in [0.25, 0.3) is 0 Å². The van der Waals surface area contributed by atoms with Gasteiger partial charge in [-0.3, -0.25) is 0 Å². The minimum absolute atomic E-state index is 0.167. The van der Waals surface area contributed by atoms with E-state index in [1.54, 1.807) is 19.9 Å². The molecule has 1 atom stereocenters. The van der Waals surface area contributed by atoms with Crippen molar-refractivity contribution in [3.05, 3.63) is 64.7 Å². The van der Waals surface area contributed by atoms with Crippen LogP contribution in [0.5, 0.6) is 5.75 Å². The monoisotopic (exact) mass is 411 g/mol. The van der Waals surface area contributed by atoms with Crippen molar-refractivity contribution in [2.45, 2.75) is 65.4 Å². The average Bonchev–Trinajstić information content (AvgIpc) is 2.59. The number of alkyl carbamates (subject to hydrolysis) is 1. The van der Waals surface area contributed by atoms with Gasteiger partial charge in [-0.2, -0.15) is 0 Å². The van der Waals surface area contributed by atoms with Crippen molar-refractivity contribution in [3.8, 4) is 5.75 Å². The second-order valence-electron chi connectivity index (χ2n) is 9.01. The molecule has 160 valence electrons. The Morgan fingerprint density at radius 3 is 2.33 bits per heavy atom. The molecular formula is C24H29NO5. The lowest BCUT2D eigenvalue weighted by molar-refractivity contribution is -0.127. The number of amides is 1. The van der Waals surface area contributed by atoms with Gasteiger partial charge >= 0.3 is 12.1 Å². The summed E-state index contributed by atoms with van der Waals surface area (Å²) in [5.41, 5.74) is 3.05. The summed E-state index contributed by atoms with van der Waals surface area (Å²) in [4.78, 5) is 24.0. The zero-order valence-electron chi connectivity index (χ0n) is 18.4. The summed E-state index contributed by atoms with van der Waals surface area (Å²) in [5.74, 6) is -0.800. The van der Waals surface area contributed by atoms with Gasteiger partial charge in [-0.05, 0) is 62.9 Å². The molecule has 6 heteroatoms. The number of hydrogen-bond acceptors (Lipinski definition) is 5. The van der Waals surface area contributed by atoms with Crippen LogP contribution in [0.4, 0.5) is 4.79 Å². The highest BCUT2D eigenvalue weighted by molar-refractivity contribution is 5.93. The summed E-state index contributed by atoms with van der Waals surface area (Å²) in [6.45, 7) is 10.9. The van der Waals surface area contributed by atoms with Gasteiger partial charge in [0.15, 0.2) is 0 Å². The van der Waals surface area contributed by atoms with Crippen LogP contribution in [-0.2, 0) is 15.9 Å². The van der Waals surface area contributed by atoms with Crippen LogP contribution in [0.2, 0.25) is 0 Å². The van der Waals surface area contributed by atoms with Crippen molar-refractivity contribution in [3.63, 3.8) is 0 Å². The number of carbonyl (C=O) groups is 2. The number of rotatable bonds is 4. The van der Waals surface area contributed by atoms with Gasteiger partial charge in [-0.1, -0.05) is 30.3 Å². The molecule has 0 aromatic heterocycles. The van der Waals surface area contributed by atoms with E-state index in [0.717, 1.165) is 16.7 Å². The molecule has 1 aliphatic rings. The number of fused-ring (bicyclic) bond motifs is 1. The molecule has 0 saturated carbocycles. The van der Waals surface area contributed by atoms with E-state index in [1.807, 2.05) is 64.1 Å². The van der Waals surface area contributed by atoms with Crippen LogP contribution in [-0.4, -0.2) is 23.5 Å². The molecule has 1 N–H and O–H groups in total. The summed E-state index contributed by atoms with van der Waals surface area (Å²) in [6, 6.07) is 13.4. The van der Waals surface area contributed by atoms with E-state index in [-0.39, 0.29) is 12.0 Å². The van der Waals surface area contributed by atoms with Gasteiger partial charge in [0.1, 0.15) is 16.9 Å². The Morgan fingerprint density at radius 1 is 1.07 bits per heavy atom. The SMILES string of the molecule is C[C@H](NC(=O)OC(C)(C)C)c1ccc(Cc2ccc3c(c2)OC(C)(C)OC3=O)cc1. The predicted molar refractivity (Wildman–Crippen MR) is 114 cm³/mol. The van der Waals surface area contributed by atoms with Gasteiger partial charge < -0.3 is 19.5 Å². The second-order valence-corrected chi connectivity index (χ2v) is 9.01. The molecule has 3 rings (SSSR count). The summed E-state index contributed by atoms with van der Waals surface area (Å²) in [6.07, 6.45) is 0.259. The fourth-order valence-corrected chi connectivity index (χ4v) is 3.22. The van der Waals surface area contributed by atoms with Crippen LogP contribution >= 0.6 is 0 Å². The Kier molecular flexibility index (Phi) is 5.79. The molecule has 30 heavy (non-hydrogen) atoms. The molecule has 1 amide bonds. The molecule has 0 aliphatic carbocycles. The van der Waals surface area contributed by atoms with Crippen LogP contribution in [0.3, 0.4) is 0 Å². The molecule has 0 saturated heterocycles. The van der Waals surface area contributed by atoms with Gasteiger partial charge in [0.05, 0.1) is 6.04 Å². The zero-order chi connectivity index (χ0) is 22.1. The van der Waals surface area contributed by atoms with Crippen LogP contribution in [0, 0.1) is 0 Å². The van der Waals surface area contributed by atoms with E-state index in [2.05, 4.69) is 5.32 Å². The number of hydrogen-bond donors (Lipinski definition) is 1. The number of carbonyl (C=O) groups excluding carboxylic acids is 2. The number of benzene rings is 2. The van der Waals surface area contributed by atoms with E-state index in [0.29, 0.717) is 17.7 Å². The zero-order valence-corrected chi connectivity index (χ0v) is 18.4. The number of esters is 1. The van der Waals surface area contributed by atoms with E-state index in [1.165, 1.54) is 0 Å². The first-order chi connectivity index (χ1) is 13.9. The normalized spacial score (nSPS) is 16.0. The standard InChI is InChI=1S/C24H29NO5/c1-15(25-22(27)30-23(2,3)4)18-10-7-16(8-11-18)13-17-9-12-19-20(14-17)28-24(5,6)29-21(19)26/h7-12,14-15H,13H2,1-6H3,(H,25,27)/t15-/m0/s1. The van der Waals surface area contributed by atoms with Crippen molar-refractivity contribution >= 4 is 12.1 Å². The van der Waals surface area contributed by atoms with Crippen molar-refractivity contribution in [1.82, 2.24) is 5.32 Å². The Bertz CT molecular complexity index is 941. The van der Waals surface area contributed by atoms with Gasteiger partial charge in [0.25, 0.3) is 0 Å². The number of nitrogens with one attached hydrogen (secondary N) is 1. The number of ether oxygens (including phenoxy) is 3. The molecule has 0 bridgehead atoms. The maximum Gasteiger partial charge on any atom is 0.408 e. The smallest absolute Gasteiger partial charge is 0.408 e. The molecule has 0 unspecified atom stereocenters. The highest BCUT2D eigenvalue weighted by Crippen LogP contribution is 2.32. The minimum Gasteiger partial charge on any atom is -0.452 e. The van der Waals surface area contributed by atoms with E-state index < -0.39 is 17.5 Å². The third-order valence-electron chi connectivity index (χ3n) is 4.58. The second kappa shape index (κ2) is 8.01. The van der Waals surface area contributed by atoms with Crippen molar-refractivity contribution in [1.29, 1.82) is 0 Å². The fraction of sp³-hybridized carbons (Fsp3) is 0.417. The molecule has 1 heterocycles. The maximum absolute atomic E-state index is 12.1. The Morgan fingerprint density at radius 2 is 1.70 bits per heavy atom. The summed E-state index contributed by atoms with van der Waals surface area (Å²) in [5, 5.41) is 2.85. The summed E-state index contributed by atoms with van der Waals surface area (Å²) in [7, 11) is 0. The number of cyclic esters (lactones) is 1. The largest absolute Gasteiger partial charge is 0.452 e. The van der Waals surface area contributed by atoms with Crippen LogP contribution in [0.1, 0.15) is 74.6 Å². The van der Waals surface area contributed by atoms with Crippen molar-refractivity contribution in [2.24, 2.45) is 0 Å². The first kappa shape index (κ1) is 21.7. The molecule has 0 spiro atoms. The molecule has 6 nitrogen and oxygen atoms in total. The fourth-order valence-electron chi connectivity index (χ4n) is 3.22. The van der Waals surface area contributed by atoms with E-state index in [9.17, 15) is 9.59 Å². The Hall–Kier alpha value is -3.02.